The summed E-state index contributed by atoms with van der Waals surface area (Å²) in [7, 11) is 0. The lowest BCUT2D eigenvalue weighted by Crippen LogP contribution is -2.42. The van der Waals surface area contributed by atoms with Crippen LogP contribution in [0, 0.1) is 18.2 Å². The molecule has 6 nitrogen and oxygen atoms in total. The molecule has 0 saturated carbocycles. The summed E-state index contributed by atoms with van der Waals surface area (Å²) in [6.07, 6.45) is 12.5. The second-order valence-corrected chi connectivity index (χ2v) is 12.4. The largest absolute Gasteiger partial charge is 0.483 e. The predicted octanol–water partition coefficient (Wildman–Crippen LogP) is 6.48. The van der Waals surface area contributed by atoms with Crippen LogP contribution in [-0.2, 0) is 22.4 Å². The average Bonchev–Trinajstić information content (AvgIpc) is 2.98. The number of aryl methyl sites for hydroxylation is 2. The number of nitrogens with zero attached hydrogens (tertiary/aromatic N) is 2. The van der Waals surface area contributed by atoms with Gasteiger partial charge in [0, 0.05) is 32.6 Å². The lowest BCUT2D eigenvalue weighted by molar-refractivity contribution is -0.134. The molecule has 0 aliphatic carbocycles. The molecule has 3 aliphatic rings. The highest BCUT2D eigenvalue weighted by atomic mass is 35.5. The summed E-state index contributed by atoms with van der Waals surface area (Å²) in [6.45, 7) is 10.6. The lowest BCUT2D eigenvalue weighted by Gasteiger charge is -2.42. The fourth-order valence-electron chi connectivity index (χ4n) is 6.49. The molecule has 0 bridgehead atoms. The molecule has 1 saturated heterocycles. The number of ether oxygens (including phenoxy) is 3. The first-order valence-electron chi connectivity index (χ1n) is 15.8. The summed E-state index contributed by atoms with van der Waals surface area (Å²) in [5, 5.41) is 0. The van der Waals surface area contributed by atoms with Gasteiger partial charge >= 0.3 is 5.97 Å². The molecule has 44 heavy (non-hydrogen) atoms. The van der Waals surface area contributed by atoms with Crippen LogP contribution in [0.2, 0.25) is 0 Å². The van der Waals surface area contributed by atoms with Crippen molar-refractivity contribution in [1.82, 2.24) is 9.80 Å². The van der Waals surface area contributed by atoms with Crippen molar-refractivity contribution >= 4 is 23.9 Å². The molecule has 2 aromatic carbocycles. The molecule has 1 fully saturated rings. The van der Waals surface area contributed by atoms with Crippen LogP contribution < -0.4 is 9.47 Å². The van der Waals surface area contributed by atoms with E-state index in [2.05, 4.69) is 35.6 Å². The topological polar surface area (TPSA) is 51.2 Å². The first-order valence-corrected chi connectivity index (χ1v) is 15.8. The minimum absolute atomic E-state index is 0. The van der Waals surface area contributed by atoms with Crippen LogP contribution in [0.5, 0.6) is 11.5 Å². The molecule has 0 radical (unpaired) electrons. The van der Waals surface area contributed by atoms with Crippen molar-refractivity contribution in [2.75, 3.05) is 52.5 Å². The number of morpholine rings is 1. The number of carbonyl (C=O) groups excluding carboxylic acids is 1. The molecule has 0 aromatic heterocycles. The molecular formula is C36H46ClFN2O4. The van der Waals surface area contributed by atoms with Gasteiger partial charge in [0.15, 0.2) is 0 Å². The summed E-state index contributed by atoms with van der Waals surface area (Å²) >= 11 is 0. The molecule has 238 valence electrons. The van der Waals surface area contributed by atoms with Gasteiger partial charge in [-0.2, -0.15) is 0 Å². The highest BCUT2D eigenvalue weighted by molar-refractivity contribution is 5.85. The Labute approximate surface area is 268 Å². The maximum atomic E-state index is 13.2. The number of carbonyl (C=O) groups is 1. The second-order valence-electron chi connectivity index (χ2n) is 12.4. The SMILES string of the molecule is C#CCN1CCC2=C(C1)c1c(OC(=O)CCCN3CCOCC3)cc(CCCCCc3ccc(F)cc3)cc1OC2(C)C.Cl. The van der Waals surface area contributed by atoms with Crippen LogP contribution in [0.4, 0.5) is 4.39 Å². The fraction of sp³-hybridized carbons (Fsp3) is 0.528. The summed E-state index contributed by atoms with van der Waals surface area (Å²) < 4.78 is 31.5. The zero-order chi connectivity index (χ0) is 30.2. The third kappa shape index (κ3) is 8.85. The highest BCUT2D eigenvalue weighted by Gasteiger charge is 2.39. The van der Waals surface area contributed by atoms with Crippen LogP contribution >= 0.6 is 12.4 Å². The Balaban J connectivity index is 0.00000442. The summed E-state index contributed by atoms with van der Waals surface area (Å²) in [5.74, 6) is 3.76. The third-order valence-electron chi connectivity index (χ3n) is 8.79. The predicted molar refractivity (Wildman–Crippen MR) is 175 cm³/mol. The second kappa shape index (κ2) is 15.9. The molecule has 0 atom stereocenters. The average molecular weight is 625 g/mol. The minimum atomic E-state index is -0.447. The quantitative estimate of drug-likeness (QED) is 0.117. The first kappa shape index (κ1) is 34.0. The molecule has 5 rings (SSSR count). The molecule has 3 aliphatic heterocycles. The van der Waals surface area contributed by atoms with Gasteiger partial charge in [0.1, 0.15) is 22.9 Å². The van der Waals surface area contributed by atoms with E-state index in [-0.39, 0.29) is 24.2 Å². The van der Waals surface area contributed by atoms with E-state index < -0.39 is 5.60 Å². The Morgan fingerprint density at radius 1 is 1.00 bits per heavy atom. The number of unbranched alkanes of at least 4 members (excludes halogenated alkanes) is 2. The van der Waals surface area contributed by atoms with Crippen molar-refractivity contribution in [1.29, 1.82) is 0 Å². The Hall–Kier alpha value is -2.89. The van der Waals surface area contributed by atoms with E-state index >= 15 is 0 Å². The van der Waals surface area contributed by atoms with Gasteiger partial charge in [-0.15, -0.1) is 18.8 Å². The van der Waals surface area contributed by atoms with Gasteiger partial charge in [-0.05, 0) is 105 Å². The van der Waals surface area contributed by atoms with Crippen molar-refractivity contribution in [3.05, 3.63) is 64.5 Å². The zero-order valence-corrected chi connectivity index (χ0v) is 27.0. The highest BCUT2D eigenvalue weighted by Crippen LogP contribution is 2.48. The summed E-state index contributed by atoms with van der Waals surface area (Å²) in [6, 6.07) is 10.9. The van der Waals surface area contributed by atoms with E-state index in [9.17, 15) is 9.18 Å². The number of rotatable bonds is 12. The van der Waals surface area contributed by atoms with E-state index in [0.717, 1.165) is 107 Å². The maximum absolute atomic E-state index is 13.2. The van der Waals surface area contributed by atoms with Crippen molar-refractivity contribution in [2.24, 2.45) is 0 Å². The number of esters is 1. The third-order valence-corrected chi connectivity index (χ3v) is 8.79. The molecule has 0 amide bonds. The standard InChI is InChI=1S/C36H45FN2O4.ClH/c1-4-17-39-19-16-31-30(26-39)35-32(42-34(40)11-8-18-38-20-22-41-23-21-38)24-28(25-33(35)43-36(31,2)3)10-7-5-6-9-27-12-14-29(37)15-13-27;/h1,12-15,24-25H,5-11,16-23,26H2,2-3H3;1H. The fourth-order valence-corrected chi connectivity index (χ4v) is 6.49. The number of hydrogen-bond donors (Lipinski definition) is 0. The normalized spacial score (nSPS) is 18.0. The van der Waals surface area contributed by atoms with Crippen LogP contribution in [0.1, 0.15) is 69.1 Å². The van der Waals surface area contributed by atoms with Crippen molar-refractivity contribution in [2.45, 2.75) is 70.8 Å². The van der Waals surface area contributed by atoms with Crippen LogP contribution in [0.3, 0.4) is 0 Å². The van der Waals surface area contributed by atoms with Crippen LogP contribution in [0.15, 0.2) is 42.0 Å². The van der Waals surface area contributed by atoms with Gasteiger partial charge in [-0.25, -0.2) is 4.39 Å². The molecule has 3 heterocycles. The van der Waals surface area contributed by atoms with E-state index in [0.29, 0.717) is 25.3 Å². The van der Waals surface area contributed by atoms with Gasteiger partial charge in [0.25, 0.3) is 0 Å². The number of benzene rings is 2. The Morgan fingerprint density at radius 3 is 2.45 bits per heavy atom. The molecule has 2 aromatic rings. The Morgan fingerprint density at radius 2 is 1.73 bits per heavy atom. The number of hydrogen-bond acceptors (Lipinski definition) is 6. The lowest BCUT2D eigenvalue weighted by atomic mass is 9.81. The molecule has 0 spiro atoms. The first-order chi connectivity index (χ1) is 20.8. The number of fused-ring (bicyclic) bond motifs is 2. The van der Waals surface area contributed by atoms with Crippen LogP contribution in [0.25, 0.3) is 5.57 Å². The summed E-state index contributed by atoms with van der Waals surface area (Å²) in [4.78, 5) is 17.8. The zero-order valence-electron chi connectivity index (χ0n) is 26.2. The molecular weight excluding hydrogens is 579 g/mol. The van der Waals surface area contributed by atoms with Crippen LogP contribution in [-0.4, -0.2) is 73.9 Å². The Bertz CT molecular complexity index is 1350. The molecule has 0 N–H and O–H groups in total. The van der Waals surface area contributed by atoms with Crippen molar-refractivity contribution in [3.8, 4) is 23.8 Å². The summed E-state index contributed by atoms with van der Waals surface area (Å²) in [5.41, 5.74) is 5.15. The van der Waals surface area contributed by atoms with Gasteiger partial charge in [-0.3, -0.25) is 14.6 Å². The van der Waals surface area contributed by atoms with Gasteiger partial charge in [0.2, 0.25) is 0 Å². The van der Waals surface area contributed by atoms with Gasteiger partial charge < -0.3 is 14.2 Å². The van der Waals surface area contributed by atoms with E-state index in [1.807, 2.05) is 18.2 Å². The van der Waals surface area contributed by atoms with Crippen molar-refractivity contribution < 1.29 is 23.4 Å². The molecule has 8 heteroatoms. The number of halogens is 2. The van der Waals surface area contributed by atoms with E-state index in [1.54, 1.807) is 0 Å². The van der Waals surface area contributed by atoms with Gasteiger partial charge in [0.05, 0.1) is 25.3 Å². The Kier molecular flexibility index (Phi) is 12.3. The minimum Gasteiger partial charge on any atom is -0.483 e. The van der Waals surface area contributed by atoms with E-state index in [4.69, 9.17) is 20.6 Å². The number of terminal acetylenes is 1. The monoisotopic (exact) mass is 624 g/mol. The molecule has 0 unspecified atom stereocenters. The van der Waals surface area contributed by atoms with Crippen molar-refractivity contribution in [3.63, 3.8) is 0 Å². The van der Waals surface area contributed by atoms with E-state index in [1.165, 1.54) is 23.3 Å². The smallest absolute Gasteiger partial charge is 0.311 e. The van der Waals surface area contributed by atoms with Gasteiger partial charge in [-0.1, -0.05) is 24.5 Å². The maximum Gasteiger partial charge on any atom is 0.311 e.